The molecule has 0 saturated heterocycles. The fourth-order valence-electron chi connectivity index (χ4n) is 1.89. The summed E-state index contributed by atoms with van der Waals surface area (Å²) in [6, 6.07) is 5.41. The highest BCUT2D eigenvalue weighted by Gasteiger charge is 2.14. The van der Waals surface area contributed by atoms with Crippen LogP contribution in [0.2, 0.25) is 0 Å². The second-order valence-electron chi connectivity index (χ2n) is 4.25. The SMILES string of the molecule is COc1cccc(/C=N/NC(=O)c2c(I)cnn2C)c1OC. The lowest BCUT2D eigenvalue weighted by atomic mass is 10.2. The predicted molar refractivity (Wildman–Crippen MR) is 90.5 cm³/mol. The number of methoxy groups -OCH3 is 2. The first kappa shape index (κ1) is 16.3. The van der Waals surface area contributed by atoms with Crippen molar-refractivity contribution in [3.05, 3.63) is 39.2 Å². The molecule has 0 bridgehead atoms. The zero-order valence-corrected chi connectivity index (χ0v) is 14.5. The summed E-state index contributed by atoms with van der Waals surface area (Å²) in [5.41, 5.74) is 3.62. The maximum absolute atomic E-state index is 12.1. The number of nitrogens with zero attached hydrogens (tertiary/aromatic N) is 3. The van der Waals surface area contributed by atoms with Crippen LogP contribution in [0.5, 0.6) is 11.5 Å². The maximum atomic E-state index is 12.1. The average Bonchev–Trinajstić information content (AvgIpc) is 2.85. The van der Waals surface area contributed by atoms with E-state index in [2.05, 4.69) is 15.6 Å². The van der Waals surface area contributed by atoms with E-state index in [0.717, 1.165) is 3.57 Å². The van der Waals surface area contributed by atoms with Crippen LogP contribution in [0.15, 0.2) is 29.5 Å². The molecule has 0 atom stereocenters. The lowest BCUT2D eigenvalue weighted by Gasteiger charge is -2.09. The summed E-state index contributed by atoms with van der Waals surface area (Å²) in [5.74, 6) is 0.819. The maximum Gasteiger partial charge on any atom is 0.290 e. The number of carbonyl (C=O) groups excluding carboxylic acids is 1. The van der Waals surface area contributed by atoms with E-state index in [1.807, 2.05) is 34.7 Å². The summed E-state index contributed by atoms with van der Waals surface area (Å²) >= 11 is 2.05. The molecule has 7 nitrogen and oxygen atoms in total. The quantitative estimate of drug-likeness (QED) is 0.460. The molecule has 116 valence electrons. The molecule has 0 aliphatic carbocycles. The first-order valence-electron chi connectivity index (χ1n) is 6.30. The molecule has 1 aromatic heterocycles. The van der Waals surface area contributed by atoms with Gasteiger partial charge in [0.2, 0.25) is 0 Å². The van der Waals surface area contributed by atoms with Gasteiger partial charge in [0.05, 0.1) is 30.2 Å². The van der Waals surface area contributed by atoms with Gasteiger partial charge in [0.1, 0.15) is 5.69 Å². The van der Waals surface area contributed by atoms with Gasteiger partial charge in [-0.3, -0.25) is 9.48 Å². The molecule has 0 saturated carbocycles. The lowest BCUT2D eigenvalue weighted by Crippen LogP contribution is -2.21. The minimum absolute atomic E-state index is 0.331. The molecule has 0 aliphatic heterocycles. The molecule has 0 aliphatic rings. The predicted octanol–water partition coefficient (Wildman–Crippen LogP) is 1.81. The number of aromatic nitrogens is 2. The Balaban J connectivity index is 2.15. The molecule has 0 unspecified atom stereocenters. The Bertz CT molecular complexity index is 693. The molecule has 0 fully saturated rings. The van der Waals surface area contributed by atoms with Gasteiger partial charge in [0.15, 0.2) is 11.5 Å². The minimum Gasteiger partial charge on any atom is -0.493 e. The van der Waals surface area contributed by atoms with Gasteiger partial charge in [-0.2, -0.15) is 10.2 Å². The number of carbonyl (C=O) groups is 1. The highest BCUT2D eigenvalue weighted by molar-refractivity contribution is 14.1. The van der Waals surface area contributed by atoms with Crippen LogP contribution in [0.1, 0.15) is 16.1 Å². The topological polar surface area (TPSA) is 77.7 Å². The van der Waals surface area contributed by atoms with E-state index < -0.39 is 0 Å². The van der Waals surface area contributed by atoms with E-state index >= 15 is 0 Å². The molecule has 1 N–H and O–H groups in total. The molecule has 2 rings (SSSR count). The van der Waals surface area contributed by atoms with Gasteiger partial charge in [-0.15, -0.1) is 0 Å². The van der Waals surface area contributed by atoms with Crippen molar-refractivity contribution in [2.45, 2.75) is 0 Å². The number of ether oxygens (including phenoxy) is 2. The van der Waals surface area contributed by atoms with E-state index in [1.54, 1.807) is 33.5 Å². The van der Waals surface area contributed by atoms with Crippen molar-refractivity contribution in [1.29, 1.82) is 0 Å². The number of hydrogen-bond acceptors (Lipinski definition) is 5. The summed E-state index contributed by atoms with van der Waals surface area (Å²) in [5, 5.41) is 7.97. The van der Waals surface area contributed by atoms with Gasteiger partial charge in [0.25, 0.3) is 5.91 Å². The monoisotopic (exact) mass is 414 g/mol. The molecule has 1 amide bonds. The van der Waals surface area contributed by atoms with Crippen molar-refractivity contribution in [3.8, 4) is 11.5 Å². The summed E-state index contributed by atoms with van der Waals surface area (Å²) in [6.07, 6.45) is 3.12. The molecular formula is C14H15IN4O3. The summed E-state index contributed by atoms with van der Waals surface area (Å²) in [7, 11) is 4.81. The van der Waals surface area contributed by atoms with Crippen LogP contribution in [0.4, 0.5) is 0 Å². The first-order chi connectivity index (χ1) is 10.6. The first-order valence-corrected chi connectivity index (χ1v) is 7.38. The number of hydrazone groups is 1. The molecule has 0 radical (unpaired) electrons. The Kier molecular flexibility index (Phi) is 5.36. The number of aryl methyl sites for hydroxylation is 1. The van der Waals surface area contributed by atoms with E-state index in [9.17, 15) is 4.79 Å². The molecular weight excluding hydrogens is 399 g/mol. The van der Waals surface area contributed by atoms with Gasteiger partial charge in [-0.25, -0.2) is 5.43 Å². The smallest absolute Gasteiger partial charge is 0.290 e. The van der Waals surface area contributed by atoms with Crippen LogP contribution < -0.4 is 14.9 Å². The van der Waals surface area contributed by atoms with Gasteiger partial charge in [-0.1, -0.05) is 6.07 Å². The molecule has 22 heavy (non-hydrogen) atoms. The van der Waals surface area contributed by atoms with E-state index in [1.165, 1.54) is 10.9 Å². The average molecular weight is 414 g/mol. The van der Waals surface area contributed by atoms with E-state index in [-0.39, 0.29) is 5.91 Å². The zero-order chi connectivity index (χ0) is 16.1. The fraction of sp³-hybridized carbons (Fsp3) is 0.214. The summed E-state index contributed by atoms with van der Waals surface area (Å²) in [4.78, 5) is 12.1. The van der Waals surface area contributed by atoms with Crippen molar-refractivity contribution >= 4 is 34.7 Å². The van der Waals surface area contributed by atoms with E-state index in [0.29, 0.717) is 22.8 Å². The number of amides is 1. The molecule has 8 heteroatoms. The number of benzene rings is 1. The number of rotatable bonds is 5. The van der Waals surface area contributed by atoms with Crippen molar-refractivity contribution in [2.75, 3.05) is 14.2 Å². The van der Waals surface area contributed by atoms with Crippen molar-refractivity contribution in [1.82, 2.24) is 15.2 Å². The minimum atomic E-state index is -0.331. The van der Waals surface area contributed by atoms with Crippen LogP contribution in [0.25, 0.3) is 0 Å². The molecule has 0 spiro atoms. The van der Waals surface area contributed by atoms with Gasteiger partial charge in [-0.05, 0) is 34.7 Å². The van der Waals surface area contributed by atoms with Crippen LogP contribution >= 0.6 is 22.6 Å². The van der Waals surface area contributed by atoms with Gasteiger partial charge < -0.3 is 9.47 Å². The Morgan fingerprint density at radius 2 is 2.18 bits per heavy atom. The normalized spacial score (nSPS) is 10.7. The second kappa shape index (κ2) is 7.25. The lowest BCUT2D eigenvalue weighted by molar-refractivity contribution is 0.0945. The summed E-state index contributed by atoms with van der Waals surface area (Å²) in [6.45, 7) is 0. The number of hydrogen-bond donors (Lipinski definition) is 1. The Labute approximate surface area is 141 Å². The summed E-state index contributed by atoms with van der Waals surface area (Å²) < 4.78 is 12.8. The zero-order valence-electron chi connectivity index (χ0n) is 12.3. The Morgan fingerprint density at radius 1 is 1.41 bits per heavy atom. The third kappa shape index (κ3) is 3.38. The Morgan fingerprint density at radius 3 is 2.77 bits per heavy atom. The fourth-order valence-corrected chi connectivity index (χ4v) is 2.61. The highest BCUT2D eigenvalue weighted by Crippen LogP contribution is 2.29. The molecule has 2 aromatic rings. The van der Waals surface area contributed by atoms with Crippen LogP contribution in [-0.4, -0.2) is 36.1 Å². The number of nitrogens with one attached hydrogen (secondary N) is 1. The number of para-hydroxylation sites is 1. The molecule has 1 heterocycles. The van der Waals surface area contributed by atoms with Crippen molar-refractivity contribution in [2.24, 2.45) is 12.1 Å². The molecule has 1 aromatic carbocycles. The standard InChI is InChI=1S/C14H15IN4O3/c1-19-12(10(15)8-17-19)14(20)18-16-7-9-5-4-6-11(21-2)13(9)22-3/h4-8H,1-3H3,(H,18,20)/b16-7+. The van der Waals surface area contributed by atoms with Crippen molar-refractivity contribution in [3.63, 3.8) is 0 Å². The largest absolute Gasteiger partial charge is 0.493 e. The highest BCUT2D eigenvalue weighted by atomic mass is 127. The van der Waals surface area contributed by atoms with Crippen LogP contribution in [0.3, 0.4) is 0 Å². The van der Waals surface area contributed by atoms with Crippen molar-refractivity contribution < 1.29 is 14.3 Å². The van der Waals surface area contributed by atoms with E-state index in [4.69, 9.17) is 9.47 Å². The third-order valence-electron chi connectivity index (χ3n) is 2.91. The second-order valence-corrected chi connectivity index (χ2v) is 5.41. The number of halogens is 1. The van der Waals surface area contributed by atoms with Crippen LogP contribution in [-0.2, 0) is 7.05 Å². The van der Waals surface area contributed by atoms with Gasteiger partial charge >= 0.3 is 0 Å². The van der Waals surface area contributed by atoms with Crippen LogP contribution in [0, 0.1) is 3.57 Å². The van der Waals surface area contributed by atoms with Gasteiger partial charge in [0, 0.05) is 12.6 Å². The Hall–Kier alpha value is -2.10. The third-order valence-corrected chi connectivity index (χ3v) is 3.70.